The van der Waals surface area contributed by atoms with E-state index in [2.05, 4.69) is 15.9 Å². The summed E-state index contributed by atoms with van der Waals surface area (Å²) in [5, 5.41) is 10.5. The van der Waals surface area contributed by atoms with Crippen LogP contribution >= 0.6 is 15.9 Å². The van der Waals surface area contributed by atoms with Gasteiger partial charge in [-0.2, -0.15) is 0 Å². The fraction of sp³-hybridized carbons (Fsp3) is 0.200. The lowest BCUT2D eigenvalue weighted by Crippen LogP contribution is -1.90. The highest BCUT2D eigenvalue weighted by Crippen LogP contribution is 2.30. The van der Waals surface area contributed by atoms with E-state index in [0.717, 1.165) is 21.0 Å². The maximum atomic E-state index is 9.46. The molecule has 2 nitrogen and oxygen atoms in total. The van der Waals surface area contributed by atoms with Gasteiger partial charge in [-0.25, -0.2) is 0 Å². The van der Waals surface area contributed by atoms with Gasteiger partial charge in [0, 0.05) is 10.9 Å². The number of benzene rings is 1. The van der Waals surface area contributed by atoms with Crippen molar-refractivity contribution in [3.8, 4) is 0 Å². The van der Waals surface area contributed by atoms with Crippen LogP contribution in [0.15, 0.2) is 33.4 Å². The lowest BCUT2D eigenvalue weighted by molar-refractivity contribution is 0.199. The van der Waals surface area contributed by atoms with E-state index < -0.39 is 6.10 Å². The standard InChI is InChI=1S/C10H9BrO2/c1-6(12)7-3-2-4-8-9(11)5-13-10(7)8/h2-6,12H,1H3. The topological polar surface area (TPSA) is 33.4 Å². The summed E-state index contributed by atoms with van der Waals surface area (Å²) >= 11 is 3.37. The van der Waals surface area contributed by atoms with Gasteiger partial charge < -0.3 is 9.52 Å². The highest BCUT2D eigenvalue weighted by atomic mass is 79.9. The summed E-state index contributed by atoms with van der Waals surface area (Å²) < 4.78 is 6.26. The first kappa shape index (κ1) is 8.78. The Morgan fingerprint density at radius 3 is 2.92 bits per heavy atom. The van der Waals surface area contributed by atoms with Crippen LogP contribution in [0.5, 0.6) is 0 Å². The molecule has 68 valence electrons. The Kier molecular flexibility index (Phi) is 2.14. The Hall–Kier alpha value is -0.800. The number of para-hydroxylation sites is 1. The van der Waals surface area contributed by atoms with Gasteiger partial charge in [0.25, 0.3) is 0 Å². The lowest BCUT2D eigenvalue weighted by atomic mass is 10.1. The number of furan rings is 1. The second-order valence-electron chi connectivity index (χ2n) is 2.98. The molecule has 3 heteroatoms. The smallest absolute Gasteiger partial charge is 0.140 e. The maximum absolute atomic E-state index is 9.46. The molecule has 1 N–H and O–H groups in total. The van der Waals surface area contributed by atoms with E-state index in [1.807, 2.05) is 18.2 Å². The zero-order valence-electron chi connectivity index (χ0n) is 7.12. The fourth-order valence-corrected chi connectivity index (χ4v) is 1.78. The van der Waals surface area contributed by atoms with E-state index in [9.17, 15) is 5.11 Å². The molecule has 0 spiro atoms. The molecule has 0 amide bonds. The van der Waals surface area contributed by atoms with Crippen LogP contribution in [-0.2, 0) is 0 Å². The van der Waals surface area contributed by atoms with Crippen molar-refractivity contribution in [1.29, 1.82) is 0 Å². The van der Waals surface area contributed by atoms with Crippen LogP contribution in [0.25, 0.3) is 11.0 Å². The summed E-state index contributed by atoms with van der Waals surface area (Å²) in [5.41, 5.74) is 1.58. The number of hydrogen-bond acceptors (Lipinski definition) is 2. The van der Waals surface area contributed by atoms with Gasteiger partial charge in [0.1, 0.15) is 11.8 Å². The van der Waals surface area contributed by atoms with E-state index in [1.165, 1.54) is 0 Å². The monoisotopic (exact) mass is 240 g/mol. The molecule has 0 aliphatic carbocycles. The van der Waals surface area contributed by atoms with Gasteiger partial charge in [0.2, 0.25) is 0 Å². The van der Waals surface area contributed by atoms with Crippen molar-refractivity contribution in [2.24, 2.45) is 0 Å². The second-order valence-corrected chi connectivity index (χ2v) is 3.84. The van der Waals surface area contributed by atoms with Crippen LogP contribution in [0.3, 0.4) is 0 Å². The van der Waals surface area contributed by atoms with E-state index in [1.54, 1.807) is 13.2 Å². The van der Waals surface area contributed by atoms with Crippen LogP contribution in [0.2, 0.25) is 0 Å². The van der Waals surface area contributed by atoms with Crippen molar-refractivity contribution in [2.45, 2.75) is 13.0 Å². The molecule has 1 atom stereocenters. The molecule has 0 bridgehead atoms. The second kappa shape index (κ2) is 3.16. The van der Waals surface area contributed by atoms with Crippen LogP contribution in [-0.4, -0.2) is 5.11 Å². The molecule has 0 aliphatic heterocycles. The maximum Gasteiger partial charge on any atom is 0.140 e. The molecule has 0 fully saturated rings. The molecule has 0 saturated heterocycles. The van der Waals surface area contributed by atoms with Crippen molar-refractivity contribution in [3.05, 3.63) is 34.5 Å². The number of aliphatic hydroxyl groups excluding tert-OH is 1. The number of aliphatic hydroxyl groups is 1. The third-order valence-corrected chi connectivity index (χ3v) is 2.65. The normalized spacial score (nSPS) is 13.5. The predicted octanol–water partition coefficient (Wildman–Crippen LogP) is 3.25. The first-order valence-electron chi connectivity index (χ1n) is 4.04. The molecular formula is C10H9BrO2. The molecule has 1 aromatic heterocycles. The minimum atomic E-state index is -0.498. The summed E-state index contributed by atoms with van der Waals surface area (Å²) in [6, 6.07) is 5.72. The quantitative estimate of drug-likeness (QED) is 0.831. The molecule has 0 radical (unpaired) electrons. The highest BCUT2D eigenvalue weighted by Gasteiger charge is 2.10. The summed E-state index contributed by atoms with van der Waals surface area (Å²) in [4.78, 5) is 0. The zero-order valence-corrected chi connectivity index (χ0v) is 8.71. The van der Waals surface area contributed by atoms with E-state index >= 15 is 0 Å². The Labute approximate surface area is 84.3 Å². The number of halogens is 1. The minimum Gasteiger partial charge on any atom is -0.463 e. The van der Waals surface area contributed by atoms with E-state index in [4.69, 9.17) is 4.42 Å². The zero-order chi connectivity index (χ0) is 9.42. The third-order valence-electron chi connectivity index (χ3n) is 2.03. The van der Waals surface area contributed by atoms with Crippen molar-refractivity contribution in [2.75, 3.05) is 0 Å². The summed E-state index contributed by atoms with van der Waals surface area (Å²) in [7, 11) is 0. The SMILES string of the molecule is CC(O)c1cccc2c(Br)coc12. The Balaban J connectivity index is 2.77. The van der Waals surface area contributed by atoms with Gasteiger partial charge in [-0.15, -0.1) is 0 Å². The number of rotatable bonds is 1. The molecule has 2 aromatic rings. The molecule has 0 aliphatic rings. The third kappa shape index (κ3) is 1.38. The average Bonchev–Trinajstić information content (AvgIpc) is 2.48. The molecule has 0 saturated carbocycles. The lowest BCUT2D eigenvalue weighted by Gasteiger charge is -2.03. The number of fused-ring (bicyclic) bond motifs is 1. The van der Waals surface area contributed by atoms with Crippen LogP contribution in [0, 0.1) is 0 Å². The van der Waals surface area contributed by atoms with E-state index in [-0.39, 0.29) is 0 Å². The minimum absolute atomic E-state index is 0.498. The Morgan fingerprint density at radius 2 is 2.23 bits per heavy atom. The molecular weight excluding hydrogens is 232 g/mol. The van der Waals surface area contributed by atoms with Gasteiger partial charge in [0.15, 0.2) is 0 Å². The molecule has 1 heterocycles. The molecule has 13 heavy (non-hydrogen) atoms. The molecule has 2 rings (SSSR count). The summed E-state index contributed by atoms with van der Waals surface area (Å²) in [6.45, 7) is 1.73. The van der Waals surface area contributed by atoms with Gasteiger partial charge in [0.05, 0.1) is 10.6 Å². The van der Waals surface area contributed by atoms with E-state index in [0.29, 0.717) is 0 Å². The van der Waals surface area contributed by atoms with Crippen molar-refractivity contribution < 1.29 is 9.52 Å². The fourth-order valence-electron chi connectivity index (χ4n) is 1.38. The first-order chi connectivity index (χ1) is 6.20. The largest absolute Gasteiger partial charge is 0.463 e. The van der Waals surface area contributed by atoms with Crippen LogP contribution < -0.4 is 0 Å². The predicted molar refractivity (Wildman–Crippen MR) is 54.5 cm³/mol. The summed E-state index contributed by atoms with van der Waals surface area (Å²) in [5.74, 6) is 0. The van der Waals surface area contributed by atoms with Gasteiger partial charge in [-0.05, 0) is 28.9 Å². The van der Waals surface area contributed by atoms with Gasteiger partial charge >= 0.3 is 0 Å². The van der Waals surface area contributed by atoms with Crippen molar-refractivity contribution in [3.63, 3.8) is 0 Å². The Bertz CT molecular complexity index is 431. The first-order valence-corrected chi connectivity index (χ1v) is 4.83. The van der Waals surface area contributed by atoms with Crippen molar-refractivity contribution in [1.82, 2.24) is 0 Å². The Morgan fingerprint density at radius 1 is 1.46 bits per heavy atom. The molecule has 1 unspecified atom stereocenters. The number of hydrogen-bond donors (Lipinski definition) is 1. The van der Waals surface area contributed by atoms with Crippen LogP contribution in [0.4, 0.5) is 0 Å². The van der Waals surface area contributed by atoms with Crippen LogP contribution in [0.1, 0.15) is 18.6 Å². The molecule has 1 aromatic carbocycles. The van der Waals surface area contributed by atoms with Gasteiger partial charge in [-0.1, -0.05) is 12.1 Å². The summed E-state index contributed by atoms with van der Waals surface area (Å²) in [6.07, 6.45) is 1.14. The van der Waals surface area contributed by atoms with Gasteiger partial charge in [-0.3, -0.25) is 0 Å². The van der Waals surface area contributed by atoms with Crippen molar-refractivity contribution >= 4 is 26.9 Å². The average molecular weight is 241 g/mol. The highest BCUT2D eigenvalue weighted by molar-refractivity contribution is 9.10.